The van der Waals surface area contributed by atoms with Crippen LogP contribution in [0.15, 0.2) is 97.3 Å². The largest absolute Gasteiger partial charge is 0.475 e. The van der Waals surface area contributed by atoms with Gasteiger partial charge in [-0.15, -0.1) is 22.7 Å². The summed E-state index contributed by atoms with van der Waals surface area (Å²) in [4.78, 5) is 48.9. The number of nitrogens with zero attached hydrogens (tertiary/aromatic N) is 6. The van der Waals surface area contributed by atoms with Crippen LogP contribution in [-0.2, 0) is 0 Å². The van der Waals surface area contributed by atoms with Gasteiger partial charge in [0, 0.05) is 24.2 Å². The van der Waals surface area contributed by atoms with Gasteiger partial charge in [-0.3, -0.25) is 9.59 Å². The number of aromatic nitrogens is 4. The van der Waals surface area contributed by atoms with Crippen molar-refractivity contribution < 1.29 is 36.6 Å². The Morgan fingerprint density at radius 2 is 1.00 bits per heavy atom. The molecule has 6 aliphatic rings. The molecule has 6 aromatic rings. The molecule has 0 spiro atoms. The van der Waals surface area contributed by atoms with E-state index in [0.29, 0.717) is 37.1 Å². The minimum absolute atomic E-state index is 0.0232. The number of carbonyl (C=O) groups excluding carboxylic acids is 2. The zero-order valence-electron chi connectivity index (χ0n) is 33.7. The molecule has 4 aliphatic heterocycles. The molecule has 2 aliphatic carbocycles. The van der Waals surface area contributed by atoms with Gasteiger partial charge in [0.05, 0.1) is 44.2 Å². The van der Waals surface area contributed by atoms with E-state index < -0.39 is 36.1 Å². The van der Waals surface area contributed by atoms with Crippen LogP contribution >= 0.6 is 22.7 Å². The number of amides is 2. The molecule has 2 saturated carbocycles. The minimum atomic E-state index is -1.19. The molecule has 6 fully saturated rings. The summed E-state index contributed by atoms with van der Waals surface area (Å²) in [6.07, 6.45) is 2.35. The summed E-state index contributed by atoms with van der Waals surface area (Å²) in [7, 11) is 0. The first-order chi connectivity index (χ1) is 30.0. The number of hydrogen-bond acceptors (Lipinski definition) is 10. The van der Waals surface area contributed by atoms with Gasteiger partial charge in [0.2, 0.25) is 11.8 Å². The predicted molar refractivity (Wildman–Crippen MR) is 227 cm³/mol. The van der Waals surface area contributed by atoms with E-state index in [-0.39, 0.29) is 60.7 Å². The Labute approximate surface area is 363 Å². The van der Waals surface area contributed by atoms with Crippen molar-refractivity contribution in [3.63, 3.8) is 0 Å². The molecule has 2 amide bonds. The number of hydrogen-bond donors (Lipinski definition) is 0. The zero-order chi connectivity index (χ0) is 43.1. The van der Waals surface area contributed by atoms with E-state index in [2.05, 4.69) is 19.9 Å². The van der Waals surface area contributed by atoms with Crippen molar-refractivity contribution >= 4 is 34.5 Å². The number of thiazole rings is 2. The summed E-state index contributed by atoms with van der Waals surface area (Å²) >= 11 is 2.92. The first kappa shape index (κ1) is 41.6. The maximum atomic E-state index is 15.2. The Morgan fingerprint density at radius 3 is 1.35 bits per heavy atom. The van der Waals surface area contributed by atoms with Gasteiger partial charge in [-0.05, 0) is 74.6 Å². The number of piperidine rings is 4. The van der Waals surface area contributed by atoms with E-state index in [1.54, 1.807) is 9.80 Å². The lowest BCUT2D eigenvalue weighted by molar-refractivity contribution is -0.0847. The highest BCUT2D eigenvalue weighted by Crippen LogP contribution is 2.47. The van der Waals surface area contributed by atoms with Crippen molar-refractivity contribution in [3.05, 3.63) is 130 Å². The standard InChI is InChI=1S/2C23H21F2N3O2S/c2*1-13-27-21(22(31-13)14-5-3-2-4-6-14)23(29)28-17-9-15(10-17)20(25)18(28)12-30-19-8-7-16(24)11-26-19/h2*2-8,11,15,17-18,20H,9-10,12H2,1H3/t2*15?,17?,18-,20+/m10/s1. The fourth-order valence-corrected chi connectivity index (χ4v) is 10.7. The van der Waals surface area contributed by atoms with Gasteiger partial charge >= 0.3 is 0 Å². The monoisotopic (exact) mass is 882 g/mol. The summed E-state index contributed by atoms with van der Waals surface area (Å²) in [5.74, 6) is -1.20. The van der Waals surface area contributed by atoms with Crippen molar-refractivity contribution in [2.45, 2.75) is 76.0 Å². The number of benzene rings is 2. The quantitative estimate of drug-likeness (QED) is 0.125. The Morgan fingerprint density at radius 1 is 0.613 bits per heavy atom. The number of carbonyl (C=O) groups is 2. The number of aryl methyl sites for hydroxylation is 2. The summed E-state index contributed by atoms with van der Waals surface area (Å²) in [6.45, 7) is 3.65. The van der Waals surface area contributed by atoms with Crippen LogP contribution in [0.2, 0.25) is 0 Å². The Kier molecular flexibility index (Phi) is 11.8. The second kappa shape index (κ2) is 17.6. The van der Waals surface area contributed by atoms with Gasteiger partial charge in [-0.1, -0.05) is 60.7 Å². The van der Waals surface area contributed by atoms with Crippen molar-refractivity contribution in [3.8, 4) is 32.6 Å². The Balaban J connectivity index is 0.000000158. The van der Waals surface area contributed by atoms with Crippen molar-refractivity contribution in [2.24, 2.45) is 11.8 Å². The highest BCUT2D eigenvalue weighted by molar-refractivity contribution is 7.15. The molecule has 320 valence electrons. The average Bonchev–Trinajstić information content (AvgIpc) is 3.85. The van der Waals surface area contributed by atoms with E-state index in [9.17, 15) is 18.4 Å². The summed E-state index contributed by atoms with van der Waals surface area (Å²) in [5, 5.41) is 1.57. The number of rotatable bonds is 10. The highest BCUT2D eigenvalue weighted by Gasteiger charge is 2.55. The SMILES string of the molecule is Cc1nc(C(=O)N2C3CC(C3)[C@@H](F)[C@@H]2COc2ccc(F)cn2)c(-c2ccccc2)s1.Cc1nc(C(=O)N2C3CC(C3)[C@H](F)[C@H]2COc2ccc(F)cn2)c(-c2ccccc2)s1. The van der Waals surface area contributed by atoms with Crippen molar-refractivity contribution in [1.82, 2.24) is 29.7 Å². The molecule has 62 heavy (non-hydrogen) atoms. The van der Waals surface area contributed by atoms with Crippen LogP contribution in [0.3, 0.4) is 0 Å². The minimum Gasteiger partial charge on any atom is -0.475 e. The lowest BCUT2D eigenvalue weighted by Gasteiger charge is -2.54. The van der Waals surface area contributed by atoms with Gasteiger partial charge in [-0.25, -0.2) is 37.5 Å². The lowest BCUT2D eigenvalue weighted by Crippen LogP contribution is -2.66. The third-order valence-corrected chi connectivity index (χ3v) is 14.1. The molecule has 4 atom stereocenters. The van der Waals surface area contributed by atoms with Gasteiger partial charge in [0.15, 0.2) is 0 Å². The number of fused-ring (bicyclic) bond motifs is 4. The van der Waals surface area contributed by atoms with E-state index in [0.717, 1.165) is 43.3 Å². The molecule has 0 radical (unpaired) electrons. The molecular formula is C46H42F4N6O4S2. The number of alkyl halides is 2. The van der Waals surface area contributed by atoms with Gasteiger partial charge < -0.3 is 19.3 Å². The molecule has 10 nitrogen and oxygen atoms in total. The van der Waals surface area contributed by atoms with Gasteiger partial charge in [0.25, 0.3) is 11.8 Å². The van der Waals surface area contributed by atoms with Crippen molar-refractivity contribution in [1.29, 1.82) is 0 Å². The summed E-state index contributed by atoms with van der Waals surface area (Å²) in [5.41, 5.74) is 2.55. The summed E-state index contributed by atoms with van der Waals surface area (Å²) < 4.78 is 67.9. The molecule has 12 rings (SSSR count). The molecule has 0 N–H and O–H groups in total. The van der Waals surface area contributed by atoms with Crippen LogP contribution in [0.4, 0.5) is 17.6 Å². The third kappa shape index (κ3) is 8.29. The normalized spacial score (nSPS) is 24.5. The Hall–Kier alpha value is -5.74. The molecule has 4 saturated heterocycles. The van der Waals surface area contributed by atoms with E-state index in [1.807, 2.05) is 74.5 Å². The first-order valence-corrected chi connectivity index (χ1v) is 22.1. The zero-order valence-corrected chi connectivity index (χ0v) is 35.4. The highest BCUT2D eigenvalue weighted by atomic mass is 32.1. The third-order valence-electron chi connectivity index (χ3n) is 12.1. The van der Waals surface area contributed by atoms with Crippen LogP contribution in [0.25, 0.3) is 20.9 Å². The van der Waals surface area contributed by atoms with Gasteiger partial charge in [0.1, 0.15) is 48.6 Å². The van der Waals surface area contributed by atoms with E-state index >= 15 is 8.78 Å². The Bertz CT molecular complexity index is 2340. The molecule has 4 bridgehead atoms. The van der Waals surface area contributed by atoms with Crippen LogP contribution in [-0.4, -0.2) is 91.3 Å². The average molecular weight is 883 g/mol. The van der Waals surface area contributed by atoms with Crippen LogP contribution < -0.4 is 9.47 Å². The van der Waals surface area contributed by atoms with Crippen LogP contribution in [0, 0.1) is 37.3 Å². The number of pyridine rings is 2. The first-order valence-electron chi connectivity index (χ1n) is 20.5. The smallest absolute Gasteiger partial charge is 0.274 e. The van der Waals surface area contributed by atoms with Crippen LogP contribution in [0.5, 0.6) is 11.8 Å². The molecule has 16 heteroatoms. The molecule has 0 unspecified atom stereocenters. The van der Waals surface area contributed by atoms with Gasteiger partial charge in [-0.2, -0.15) is 0 Å². The maximum Gasteiger partial charge on any atom is 0.274 e. The maximum absolute atomic E-state index is 15.2. The lowest BCUT2D eigenvalue weighted by atomic mass is 9.69. The predicted octanol–water partition coefficient (Wildman–Crippen LogP) is 9.35. The van der Waals surface area contributed by atoms with E-state index in [1.165, 1.54) is 46.9 Å². The second-order valence-corrected chi connectivity index (χ2v) is 18.4. The topological polar surface area (TPSA) is 111 Å². The fraction of sp³-hybridized carbons (Fsp3) is 0.348. The molecule has 4 aromatic heterocycles. The van der Waals surface area contributed by atoms with Crippen molar-refractivity contribution in [2.75, 3.05) is 13.2 Å². The summed E-state index contributed by atoms with van der Waals surface area (Å²) in [6, 6.07) is 23.0. The fourth-order valence-electron chi connectivity index (χ4n) is 8.88. The van der Waals surface area contributed by atoms with E-state index in [4.69, 9.17) is 9.47 Å². The number of halogens is 4. The number of ether oxygens (including phenoxy) is 2. The molecular weight excluding hydrogens is 841 g/mol. The second-order valence-electron chi connectivity index (χ2n) is 16.0. The molecule has 2 aromatic carbocycles. The molecule has 8 heterocycles. The van der Waals surface area contributed by atoms with Crippen LogP contribution in [0.1, 0.15) is 56.7 Å².